The van der Waals surface area contributed by atoms with Crippen molar-refractivity contribution in [3.8, 4) is 17.0 Å². The van der Waals surface area contributed by atoms with Gasteiger partial charge in [-0.15, -0.1) is 0 Å². The highest BCUT2D eigenvalue weighted by Crippen LogP contribution is 2.35. The van der Waals surface area contributed by atoms with E-state index in [1.807, 2.05) is 26.0 Å². The second-order valence-corrected chi connectivity index (χ2v) is 4.32. The van der Waals surface area contributed by atoms with Crippen molar-refractivity contribution in [1.82, 2.24) is 10.2 Å². The molecule has 1 aromatic carbocycles. The number of hydrogen-bond donors (Lipinski definition) is 2. The summed E-state index contributed by atoms with van der Waals surface area (Å²) in [6.07, 6.45) is 0. The maximum Gasteiger partial charge on any atom is 0.137 e. The number of methoxy groups -OCH3 is 1. The number of nitrogens with one attached hydrogen (secondary N) is 1. The van der Waals surface area contributed by atoms with E-state index in [4.69, 9.17) is 22.1 Å². The number of nitrogens with zero attached hydrogens (tertiary/aromatic N) is 1. The molecule has 0 saturated heterocycles. The number of nitrogen functional groups attached to an aromatic ring is 1. The first-order valence-electron chi connectivity index (χ1n) is 5.19. The molecule has 17 heavy (non-hydrogen) atoms. The standard InChI is InChI=1S/C12H14ClN3O/c1-6-4-10(17-3)9(13)5-8(6)12-11(14)7(2)15-16-12/h4-5H,14H2,1-3H3,(H,15,16). The van der Waals surface area contributed by atoms with Gasteiger partial charge >= 0.3 is 0 Å². The van der Waals surface area contributed by atoms with Crippen LogP contribution in [-0.4, -0.2) is 17.3 Å². The van der Waals surface area contributed by atoms with Crippen LogP contribution in [0.2, 0.25) is 5.02 Å². The van der Waals surface area contributed by atoms with Crippen LogP contribution in [-0.2, 0) is 0 Å². The fourth-order valence-corrected chi connectivity index (χ4v) is 1.95. The van der Waals surface area contributed by atoms with Crippen LogP contribution >= 0.6 is 11.6 Å². The molecule has 0 spiro atoms. The summed E-state index contributed by atoms with van der Waals surface area (Å²) in [5, 5.41) is 7.60. The van der Waals surface area contributed by atoms with Gasteiger partial charge in [0.1, 0.15) is 11.4 Å². The third kappa shape index (κ3) is 1.96. The molecular weight excluding hydrogens is 238 g/mol. The van der Waals surface area contributed by atoms with E-state index >= 15 is 0 Å². The second kappa shape index (κ2) is 4.30. The molecule has 0 radical (unpaired) electrons. The van der Waals surface area contributed by atoms with Crippen LogP contribution in [0.25, 0.3) is 11.3 Å². The minimum absolute atomic E-state index is 0.549. The van der Waals surface area contributed by atoms with E-state index in [0.29, 0.717) is 16.5 Å². The summed E-state index contributed by atoms with van der Waals surface area (Å²) in [4.78, 5) is 0. The number of hydrogen-bond acceptors (Lipinski definition) is 3. The molecule has 0 amide bonds. The van der Waals surface area contributed by atoms with Crippen LogP contribution < -0.4 is 10.5 Å². The predicted molar refractivity (Wildman–Crippen MR) is 69.5 cm³/mol. The Morgan fingerprint density at radius 3 is 2.59 bits per heavy atom. The third-order valence-electron chi connectivity index (χ3n) is 2.75. The van der Waals surface area contributed by atoms with E-state index in [2.05, 4.69) is 10.2 Å². The van der Waals surface area contributed by atoms with E-state index in [1.165, 1.54) is 0 Å². The Balaban J connectivity index is 2.60. The maximum atomic E-state index is 6.11. The molecule has 0 atom stereocenters. The molecule has 0 aliphatic carbocycles. The summed E-state index contributed by atoms with van der Waals surface area (Å²) < 4.78 is 5.16. The average molecular weight is 252 g/mol. The molecule has 0 aliphatic heterocycles. The molecule has 3 N–H and O–H groups in total. The van der Waals surface area contributed by atoms with E-state index in [-0.39, 0.29) is 0 Å². The number of nitrogens with two attached hydrogens (primary N) is 1. The number of aromatic amines is 1. The first-order chi connectivity index (χ1) is 8.04. The molecule has 1 aromatic heterocycles. The van der Waals surface area contributed by atoms with Crippen LogP contribution in [0.15, 0.2) is 12.1 Å². The van der Waals surface area contributed by atoms with Crippen LogP contribution in [0.3, 0.4) is 0 Å². The molecule has 0 bridgehead atoms. The number of ether oxygens (including phenoxy) is 1. The van der Waals surface area contributed by atoms with E-state index < -0.39 is 0 Å². The number of rotatable bonds is 2. The highest BCUT2D eigenvalue weighted by molar-refractivity contribution is 6.32. The Morgan fingerprint density at radius 2 is 2.06 bits per heavy atom. The molecule has 1 heterocycles. The first kappa shape index (κ1) is 11.8. The van der Waals surface area contributed by atoms with Gasteiger partial charge in [-0.25, -0.2) is 0 Å². The molecule has 0 fully saturated rings. The van der Waals surface area contributed by atoms with E-state index in [9.17, 15) is 0 Å². The van der Waals surface area contributed by atoms with Gasteiger partial charge in [0.2, 0.25) is 0 Å². The van der Waals surface area contributed by atoms with Gasteiger partial charge in [0.05, 0.1) is 23.5 Å². The van der Waals surface area contributed by atoms with E-state index in [1.54, 1.807) is 7.11 Å². The minimum Gasteiger partial charge on any atom is -0.495 e. The lowest BCUT2D eigenvalue weighted by atomic mass is 10.0. The second-order valence-electron chi connectivity index (χ2n) is 3.91. The van der Waals surface area contributed by atoms with E-state index in [0.717, 1.165) is 22.5 Å². The zero-order valence-corrected chi connectivity index (χ0v) is 10.7. The summed E-state index contributed by atoms with van der Waals surface area (Å²) in [7, 11) is 1.59. The van der Waals surface area contributed by atoms with Gasteiger partial charge in [0, 0.05) is 5.56 Å². The van der Waals surface area contributed by atoms with Crippen molar-refractivity contribution < 1.29 is 4.74 Å². The fraction of sp³-hybridized carbons (Fsp3) is 0.250. The third-order valence-corrected chi connectivity index (χ3v) is 3.04. The van der Waals surface area contributed by atoms with Crippen LogP contribution in [0.5, 0.6) is 5.75 Å². The van der Waals surface area contributed by atoms with Crippen molar-refractivity contribution in [3.05, 3.63) is 28.4 Å². The van der Waals surface area contributed by atoms with Crippen molar-refractivity contribution >= 4 is 17.3 Å². The van der Waals surface area contributed by atoms with Gasteiger partial charge in [-0.1, -0.05) is 11.6 Å². The summed E-state index contributed by atoms with van der Waals surface area (Å²) in [6.45, 7) is 3.85. The molecule has 2 rings (SSSR count). The highest BCUT2D eigenvalue weighted by Gasteiger charge is 2.14. The Labute approximate surface area is 105 Å². The van der Waals surface area contributed by atoms with Crippen molar-refractivity contribution in [1.29, 1.82) is 0 Å². The van der Waals surface area contributed by atoms with Crippen LogP contribution in [0, 0.1) is 13.8 Å². The summed E-state index contributed by atoms with van der Waals surface area (Å²) in [5.74, 6) is 0.652. The number of aromatic nitrogens is 2. The molecule has 2 aromatic rings. The maximum absolute atomic E-state index is 6.11. The SMILES string of the molecule is COc1cc(C)c(-c2n[nH]c(C)c2N)cc1Cl. The number of halogens is 1. The quantitative estimate of drug-likeness (QED) is 0.863. The predicted octanol–water partition coefficient (Wildman–Crippen LogP) is 2.94. The van der Waals surface area contributed by atoms with Crippen molar-refractivity contribution in [2.45, 2.75) is 13.8 Å². The van der Waals surface area contributed by atoms with Crippen LogP contribution in [0.4, 0.5) is 5.69 Å². The normalized spacial score (nSPS) is 10.6. The average Bonchev–Trinajstić information content (AvgIpc) is 2.63. The molecule has 0 saturated carbocycles. The van der Waals surface area contributed by atoms with Gasteiger partial charge in [-0.3, -0.25) is 5.10 Å². The van der Waals surface area contributed by atoms with Gasteiger partial charge in [-0.05, 0) is 31.5 Å². The van der Waals surface area contributed by atoms with Gasteiger partial charge in [-0.2, -0.15) is 5.10 Å². The summed E-state index contributed by atoms with van der Waals surface area (Å²) in [6, 6.07) is 3.70. The zero-order chi connectivity index (χ0) is 12.6. The Hall–Kier alpha value is -1.68. The molecule has 0 aliphatic rings. The number of anilines is 1. The summed E-state index contributed by atoms with van der Waals surface area (Å²) in [5.41, 5.74) is 10.1. The number of benzene rings is 1. The lowest BCUT2D eigenvalue weighted by molar-refractivity contribution is 0.415. The summed E-state index contributed by atoms with van der Waals surface area (Å²) >= 11 is 6.11. The minimum atomic E-state index is 0.549. The monoisotopic (exact) mass is 251 g/mol. The largest absolute Gasteiger partial charge is 0.495 e. The number of aryl methyl sites for hydroxylation is 2. The van der Waals surface area contributed by atoms with Crippen molar-refractivity contribution in [2.24, 2.45) is 0 Å². The fourth-order valence-electron chi connectivity index (χ4n) is 1.71. The lowest BCUT2D eigenvalue weighted by Crippen LogP contribution is -1.93. The lowest BCUT2D eigenvalue weighted by Gasteiger charge is -2.09. The first-order valence-corrected chi connectivity index (χ1v) is 5.57. The van der Waals surface area contributed by atoms with Crippen molar-refractivity contribution in [3.63, 3.8) is 0 Å². The van der Waals surface area contributed by atoms with Gasteiger partial charge in [0.25, 0.3) is 0 Å². The van der Waals surface area contributed by atoms with Gasteiger partial charge < -0.3 is 10.5 Å². The van der Waals surface area contributed by atoms with Crippen molar-refractivity contribution in [2.75, 3.05) is 12.8 Å². The molecule has 5 heteroatoms. The highest BCUT2D eigenvalue weighted by atomic mass is 35.5. The zero-order valence-electron chi connectivity index (χ0n) is 9.97. The van der Waals surface area contributed by atoms with Gasteiger partial charge in [0.15, 0.2) is 0 Å². The molecular formula is C12H14ClN3O. The Kier molecular flexibility index (Phi) is 2.98. The Bertz CT molecular complexity index is 563. The number of H-pyrrole nitrogens is 1. The molecule has 4 nitrogen and oxygen atoms in total. The smallest absolute Gasteiger partial charge is 0.137 e. The van der Waals surface area contributed by atoms with Crippen LogP contribution in [0.1, 0.15) is 11.3 Å². The topological polar surface area (TPSA) is 63.9 Å². The Morgan fingerprint density at radius 1 is 1.35 bits per heavy atom. The molecule has 90 valence electrons. The molecule has 0 unspecified atom stereocenters.